The van der Waals surface area contributed by atoms with Crippen molar-refractivity contribution in [3.8, 4) is 0 Å². The van der Waals surface area contributed by atoms with Gasteiger partial charge in [0.2, 0.25) is 0 Å². The van der Waals surface area contributed by atoms with Crippen LogP contribution in [0.5, 0.6) is 0 Å². The number of rotatable bonds is 5. The van der Waals surface area contributed by atoms with Crippen LogP contribution in [0.4, 0.5) is 8.78 Å². The molecule has 0 spiro atoms. The van der Waals surface area contributed by atoms with Crippen molar-refractivity contribution in [1.82, 2.24) is 5.32 Å². The van der Waals surface area contributed by atoms with E-state index in [9.17, 15) is 13.9 Å². The molecule has 0 saturated heterocycles. The highest BCUT2D eigenvalue weighted by atomic mass is 19.2. The van der Waals surface area contributed by atoms with Crippen molar-refractivity contribution in [2.45, 2.75) is 32.4 Å². The molecule has 1 aromatic carbocycles. The Morgan fingerprint density at radius 1 is 1.38 bits per heavy atom. The molecule has 0 heterocycles. The van der Waals surface area contributed by atoms with Crippen LogP contribution in [0.15, 0.2) is 18.2 Å². The quantitative estimate of drug-likeness (QED) is 0.811. The van der Waals surface area contributed by atoms with Gasteiger partial charge in [0, 0.05) is 18.7 Å². The van der Waals surface area contributed by atoms with E-state index in [0.29, 0.717) is 13.0 Å². The van der Waals surface area contributed by atoms with E-state index in [0.717, 1.165) is 6.07 Å². The van der Waals surface area contributed by atoms with Gasteiger partial charge in [0.1, 0.15) is 0 Å². The molecule has 16 heavy (non-hydrogen) atoms. The van der Waals surface area contributed by atoms with E-state index in [-0.39, 0.29) is 12.1 Å². The van der Waals surface area contributed by atoms with Gasteiger partial charge in [-0.1, -0.05) is 19.1 Å². The van der Waals surface area contributed by atoms with Crippen molar-refractivity contribution in [2.75, 3.05) is 6.54 Å². The summed E-state index contributed by atoms with van der Waals surface area (Å²) in [7, 11) is 0. The second kappa shape index (κ2) is 5.37. The third-order valence-electron chi connectivity index (χ3n) is 2.61. The summed E-state index contributed by atoms with van der Waals surface area (Å²) >= 11 is 0. The molecular weight excluding hydrogens is 212 g/mol. The molecule has 0 aliphatic rings. The van der Waals surface area contributed by atoms with Gasteiger partial charge in [0.15, 0.2) is 11.6 Å². The lowest BCUT2D eigenvalue weighted by Gasteiger charge is -2.21. The van der Waals surface area contributed by atoms with Crippen LogP contribution in [0.3, 0.4) is 0 Å². The van der Waals surface area contributed by atoms with Crippen molar-refractivity contribution in [2.24, 2.45) is 0 Å². The van der Waals surface area contributed by atoms with Gasteiger partial charge in [-0.3, -0.25) is 0 Å². The van der Waals surface area contributed by atoms with Gasteiger partial charge in [-0.15, -0.1) is 0 Å². The Bertz CT molecular complexity index is 353. The molecule has 0 fully saturated rings. The first-order valence-corrected chi connectivity index (χ1v) is 5.32. The highest BCUT2D eigenvalue weighted by Gasteiger charge is 2.16. The fourth-order valence-corrected chi connectivity index (χ4v) is 1.28. The fraction of sp³-hybridized carbons (Fsp3) is 0.500. The van der Waals surface area contributed by atoms with E-state index in [1.165, 1.54) is 12.1 Å². The normalized spacial score (nSPS) is 14.8. The Hall–Kier alpha value is -1.00. The van der Waals surface area contributed by atoms with Gasteiger partial charge in [-0.05, 0) is 19.4 Å². The molecule has 0 aliphatic heterocycles. The zero-order valence-corrected chi connectivity index (χ0v) is 9.56. The number of nitrogens with one attached hydrogen (secondary N) is 1. The predicted molar refractivity (Wildman–Crippen MR) is 59.0 cm³/mol. The minimum Gasteiger partial charge on any atom is -0.389 e. The van der Waals surface area contributed by atoms with Crippen molar-refractivity contribution < 1.29 is 13.9 Å². The number of aliphatic hydroxyl groups is 1. The lowest BCUT2D eigenvalue weighted by molar-refractivity contribution is 0.0555. The summed E-state index contributed by atoms with van der Waals surface area (Å²) in [5.74, 6) is -1.67. The van der Waals surface area contributed by atoms with Crippen LogP contribution in [-0.2, 0) is 6.54 Å². The zero-order valence-electron chi connectivity index (χ0n) is 9.56. The van der Waals surface area contributed by atoms with Gasteiger partial charge >= 0.3 is 0 Å². The molecule has 1 unspecified atom stereocenters. The second-order valence-corrected chi connectivity index (χ2v) is 4.17. The van der Waals surface area contributed by atoms with Crippen LogP contribution in [0.1, 0.15) is 25.8 Å². The smallest absolute Gasteiger partial charge is 0.163 e. The molecule has 4 heteroatoms. The number of benzene rings is 1. The standard InChI is InChI=1S/C12H17F2NO/c1-3-12(2,16)8-15-7-9-5-4-6-10(13)11(9)14/h4-6,15-16H,3,7-8H2,1-2H3. The summed E-state index contributed by atoms with van der Waals surface area (Å²) < 4.78 is 26.1. The minimum atomic E-state index is -0.846. The summed E-state index contributed by atoms with van der Waals surface area (Å²) in [6, 6.07) is 4.07. The van der Waals surface area contributed by atoms with Crippen LogP contribution in [0, 0.1) is 11.6 Å². The van der Waals surface area contributed by atoms with E-state index in [2.05, 4.69) is 5.32 Å². The molecule has 90 valence electrons. The van der Waals surface area contributed by atoms with Crippen molar-refractivity contribution in [1.29, 1.82) is 0 Å². The number of halogens is 2. The molecule has 0 aliphatic carbocycles. The van der Waals surface area contributed by atoms with Gasteiger partial charge in [-0.25, -0.2) is 8.78 Å². The third kappa shape index (κ3) is 3.54. The van der Waals surface area contributed by atoms with E-state index in [1.54, 1.807) is 6.92 Å². The van der Waals surface area contributed by atoms with E-state index < -0.39 is 17.2 Å². The molecule has 0 saturated carbocycles. The van der Waals surface area contributed by atoms with Crippen LogP contribution in [-0.4, -0.2) is 17.3 Å². The Kier molecular flexibility index (Phi) is 4.38. The van der Waals surface area contributed by atoms with Gasteiger partial charge in [-0.2, -0.15) is 0 Å². The van der Waals surface area contributed by atoms with Crippen molar-refractivity contribution >= 4 is 0 Å². The Balaban J connectivity index is 2.53. The third-order valence-corrected chi connectivity index (χ3v) is 2.61. The van der Waals surface area contributed by atoms with E-state index in [4.69, 9.17) is 0 Å². The number of hydrogen-bond acceptors (Lipinski definition) is 2. The minimum absolute atomic E-state index is 0.208. The lowest BCUT2D eigenvalue weighted by atomic mass is 10.0. The molecule has 0 amide bonds. The number of hydrogen-bond donors (Lipinski definition) is 2. The first-order chi connectivity index (χ1) is 7.46. The average Bonchev–Trinajstić information content (AvgIpc) is 2.24. The molecule has 2 nitrogen and oxygen atoms in total. The second-order valence-electron chi connectivity index (χ2n) is 4.17. The highest BCUT2D eigenvalue weighted by molar-refractivity contribution is 5.18. The Labute approximate surface area is 94.3 Å². The zero-order chi connectivity index (χ0) is 12.2. The predicted octanol–water partition coefficient (Wildman–Crippen LogP) is 2.22. The first-order valence-electron chi connectivity index (χ1n) is 5.32. The molecule has 2 N–H and O–H groups in total. The summed E-state index contributed by atoms with van der Waals surface area (Å²) in [4.78, 5) is 0. The molecule has 1 aromatic rings. The van der Waals surface area contributed by atoms with Crippen LogP contribution < -0.4 is 5.32 Å². The maximum absolute atomic E-state index is 13.2. The van der Waals surface area contributed by atoms with E-state index >= 15 is 0 Å². The van der Waals surface area contributed by atoms with Gasteiger partial charge in [0.25, 0.3) is 0 Å². The monoisotopic (exact) mass is 229 g/mol. The van der Waals surface area contributed by atoms with Crippen LogP contribution in [0.25, 0.3) is 0 Å². The first kappa shape index (κ1) is 13.1. The fourth-order valence-electron chi connectivity index (χ4n) is 1.28. The molecule has 0 bridgehead atoms. The average molecular weight is 229 g/mol. The van der Waals surface area contributed by atoms with E-state index in [1.807, 2.05) is 6.92 Å². The molecule has 0 aromatic heterocycles. The largest absolute Gasteiger partial charge is 0.389 e. The molecule has 0 radical (unpaired) electrons. The molecular formula is C12H17F2NO. The maximum Gasteiger partial charge on any atom is 0.163 e. The lowest BCUT2D eigenvalue weighted by Crippen LogP contribution is -2.36. The molecule has 1 rings (SSSR count). The van der Waals surface area contributed by atoms with Crippen LogP contribution in [0.2, 0.25) is 0 Å². The summed E-state index contributed by atoms with van der Waals surface area (Å²) in [5.41, 5.74) is -0.545. The van der Waals surface area contributed by atoms with Gasteiger partial charge < -0.3 is 10.4 Å². The highest BCUT2D eigenvalue weighted by Crippen LogP contribution is 2.12. The van der Waals surface area contributed by atoms with Crippen LogP contribution >= 0.6 is 0 Å². The summed E-state index contributed by atoms with van der Waals surface area (Å²) in [5, 5.41) is 12.6. The van der Waals surface area contributed by atoms with Crippen molar-refractivity contribution in [3.05, 3.63) is 35.4 Å². The van der Waals surface area contributed by atoms with Gasteiger partial charge in [0.05, 0.1) is 5.60 Å². The maximum atomic E-state index is 13.2. The summed E-state index contributed by atoms with van der Waals surface area (Å²) in [6.45, 7) is 4.12. The Morgan fingerprint density at radius 3 is 2.69 bits per heavy atom. The molecule has 1 atom stereocenters. The Morgan fingerprint density at radius 2 is 2.06 bits per heavy atom. The topological polar surface area (TPSA) is 32.3 Å². The van der Waals surface area contributed by atoms with Crippen molar-refractivity contribution in [3.63, 3.8) is 0 Å². The summed E-state index contributed by atoms with van der Waals surface area (Å²) in [6.07, 6.45) is 0.603. The SMILES string of the molecule is CCC(C)(O)CNCc1cccc(F)c1F.